The van der Waals surface area contributed by atoms with Crippen LogP contribution in [-0.4, -0.2) is 0 Å². The number of hydrogen-bond acceptors (Lipinski definition) is 0. The molecule has 0 amide bonds. The number of hydrogen-bond donors (Lipinski definition) is 0. The number of benzene rings is 1. The van der Waals surface area contributed by atoms with Gasteiger partial charge < -0.3 is 0 Å². The van der Waals surface area contributed by atoms with E-state index in [0.717, 1.165) is 12.8 Å². The molecule has 0 saturated heterocycles. The lowest BCUT2D eigenvalue weighted by molar-refractivity contribution is -0.714. The predicted molar refractivity (Wildman–Crippen MR) is 70.9 cm³/mol. The predicted octanol–water partition coefficient (Wildman–Crippen LogP) is 3.54. The summed E-state index contributed by atoms with van der Waals surface area (Å²) in [4.78, 5) is 0. The number of nitrogens with zero attached hydrogens (tertiary/aromatic N) is 1. The molecule has 1 unspecified atom stereocenters. The Balaban J connectivity index is 2.29. The van der Waals surface area contributed by atoms with Gasteiger partial charge in [-0.15, -0.1) is 0 Å². The van der Waals surface area contributed by atoms with Gasteiger partial charge in [0.15, 0.2) is 18.4 Å². The van der Waals surface area contributed by atoms with Gasteiger partial charge in [-0.1, -0.05) is 44.2 Å². The van der Waals surface area contributed by atoms with Crippen molar-refractivity contribution in [3.05, 3.63) is 66.0 Å². The van der Waals surface area contributed by atoms with Crippen LogP contribution in [0.1, 0.15) is 37.4 Å². The Hall–Kier alpha value is -1.63. The molecule has 1 nitrogen and oxygen atoms in total. The Morgan fingerprint density at radius 1 is 0.941 bits per heavy atom. The minimum absolute atomic E-state index is 0.446. The molecule has 1 aromatic carbocycles. The topological polar surface area (TPSA) is 3.88 Å². The van der Waals surface area contributed by atoms with Crippen LogP contribution in [0.3, 0.4) is 0 Å². The van der Waals surface area contributed by atoms with E-state index >= 15 is 0 Å². The normalized spacial score (nSPS) is 12.4. The molecule has 1 heteroatoms. The van der Waals surface area contributed by atoms with Gasteiger partial charge in [0.05, 0.1) is 0 Å². The van der Waals surface area contributed by atoms with E-state index in [0.29, 0.717) is 6.04 Å². The van der Waals surface area contributed by atoms with Gasteiger partial charge in [0.25, 0.3) is 0 Å². The summed E-state index contributed by atoms with van der Waals surface area (Å²) in [5, 5.41) is 0. The fourth-order valence-electron chi connectivity index (χ4n) is 2.21. The molecular formula is C16H20N+. The standard InChI is InChI=1S/C16H20N/c1-3-14-10-12-17(13-11-14)16(4-2)15-8-6-5-7-9-15/h5-13,16H,3-4H2,1-2H3/q+1. The van der Waals surface area contributed by atoms with Crippen molar-refractivity contribution in [1.29, 1.82) is 0 Å². The average molecular weight is 226 g/mol. The minimum Gasteiger partial charge on any atom is -0.198 e. The second-order valence-electron chi connectivity index (χ2n) is 4.34. The first-order chi connectivity index (χ1) is 8.35. The highest BCUT2D eigenvalue weighted by atomic mass is 15.0. The van der Waals surface area contributed by atoms with Crippen molar-refractivity contribution in [3.8, 4) is 0 Å². The van der Waals surface area contributed by atoms with Crippen molar-refractivity contribution in [2.45, 2.75) is 32.7 Å². The SMILES string of the molecule is CCc1cc[n+](C(CC)c2ccccc2)cc1. The first-order valence-corrected chi connectivity index (χ1v) is 6.39. The van der Waals surface area contributed by atoms with E-state index in [-0.39, 0.29) is 0 Å². The van der Waals surface area contributed by atoms with E-state index in [9.17, 15) is 0 Å². The molecule has 0 aliphatic rings. The molecule has 0 spiro atoms. The highest BCUT2D eigenvalue weighted by molar-refractivity contribution is 5.17. The van der Waals surface area contributed by atoms with E-state index in [1.54, 1.807) is 0 Å². The summed E-state index contributed by atoms with van der Waals surface area (Å²) in [5.74, 6) is 0. The number of aryl methyl sites for hydroxylation is 1. The molecule has 0 saturated carbocycles. The van der Waals surface area contributed by atoms with Crippen LogP contribution >= 0.6 is 0 Å². The number of aromatic nitrogens is 1. The zero-order chi connectivity index (χ0) is 12.1. The molecule has 2 rings (SSSR count). The van der Waals surface area contributed by atoms with Crippen LogP contribution in [-0.2, 0) is 6.42 Å². The first-order valence-electron chi connectivity index (χ1n) is 6.39. The van der Waals surface area contributed by atoms with Crippen LogP contribution in [0.15, 0.2) is 54.9 Å². The molecule has 0 aliphatic carbocycles. The molecule has 17 heavy (non-hydrogen) atoms. The summed E-state index contributed by atoms with van der Waals surface area (Å²) in [7, 11) is 0. The molecule has 2 aromatic rings. The Labute approximate surface area is 104 Å². The van der Waals surface area contributed by atoms with Gasteiger partial charge in [0, 0.05) is 24.1 Å². The molecule has 1 atom stereocenters. The average Bonchev–Trinajstić information content (AvgIpc) is 2.42. The Morgan fingerprint density at radius 3 is 2.12 bits per heavy atom. The molecule has 0 fully saturated rings. The number of rotatable bonds is 4. The van der Waals surface area contributed by atoms with Gasteiger partial charge in [-0.2, -0.15) is 4.57 Å². The summed E-state index contributed by atoms with van der Waals surface area (Å²) >= 11 is 0. The lowest BCUT2D eigenvalue weighted by atomic mass is 10.0. The maximum Gasteiger partial charge on any atom is 0.183 e. The molecular weight excluding hydrogens is 206 g/mol. The molecule has 1 aromatic heterocycles. The van der Waals surface area contributed by atoms with Gasteiger partial charge in [0.2, 0.25) is 0 Å². The second-order valence-corrected chi connectivity index (χ2v) is 4.34. The highest BCUT2D eigenvalue weighted by Crippen LogP contribution is 2.15. The maximum absolute atomic E-state index is 2.30. The molecule has 1 heterocycles. The zero-order valence-corrected chi connectivity index (χ0v) is 10.6. The van der Waals surface area contributed by atoms with Gasteiger partial charge in [-0.3, -0.25) is 0 Å². The van der Waals surface area contributed by atoms with Crippen molar-refractivity contribution < 1.29 is 4.57 Å². The third kappa shape index (κ3) is 2.73. The van der Waals surface area contributed by atoms with Crippen LogP contribution < -0.4 is 4.57 Å². The quantitative estimate of drug-likeness (QED) is 0.702. The van der Waals surface area contributed by atoms with Crippen LogP contribution in [0, 0.1) is 0 Å². The summed E-state index contributed by atoms with van der Waals surface area (Å²) in [6, 6.07) is 15.6. The maximum atomic E-state index is 2.30. The van der Waals surface area contributed by atoms with Crippen LogP contribution in [0.2, 0.25) is 0 Å². The van der Waals surface area contributed by atoms with E-state index in [1.165, 1.54) is 11.1 Å². The largest absolute Gasteiger partial charge is 0.198 e. The van der Waals surface area contributed by atoms with Crippen LogP contribution in [0.5, 0.6) is 0 Å². The van der Waals surface area contributed by atoms with Gasteiger partial charge >= 0.3 is 0 Å². The highest BCUT2D eigenvalue weighted by Gasteiger charge is 2.17. The van der Waals surface area contributed by atoms with Crippen LogP contribution in [0.25, 0.3) is 0 Å². The van der Waals surface area contributed by atoms with E-state index < -0.39 is 0 Å². The van der Waals surface area contributed by atoms with Crippen molar-refractivity contribution >= 4 is 0 Å². The molecule has 0 bridgehead atoms. The molecule has 88 valence electrons. The summed E-state index contributed by atoms with van der Waals surface area (Å²) < 4.78 is 2.30. The molecule has 0 N–H and O–H groups in total. The number of pyridine rings is 1. The Morgan fingerprint density at radius 2 is 1.59 bits per heavy atom. The van der Waals surface area contributed by atoms with E-state index in [1.807, 2.05) is 0 Å². The zero-order valence-electron chi connectivity index (χ0n) is 10.6. The lowest BCUT2D eigenvalue weighted by Gasteiger charge is -2.10. The van der Waals surface area contributed by atoms with Gasteiger partial charge in [-0.25, -0.2) is 0 Å². The van der Waals surface area contributed by atoms with Crippen molar-refractivity contribution in [2.24, 2.45) is 0 Å². The Bertz CT molecular complexity index is 445. The van der Waals surface area contributed by atoms with Crippen molar-refractivity contribution in [2.75, 3.05) is 0 Å². The molecule has 0 radical (unpaired) electrons. The van der Waals surface area contributed by atoms with Gasteiger partial charge in [0.1, 0.15) is 0 Å². The third-order valence-corrected chi connectivity index (χ3v) is 3.26. The Kier molecular flexibility index (Phi) is 3.92. The minimum atomic E-state index is 0.446. The fourth-order valence-corrected chi connectivity index (χ4v) is 2.21. The first kappa shape index (κ1) is 11.8. The van der Waals surface area contributed by atoms with Gasteiger partial charge in [-0.05, 0) is 12.0 Å². The summed E-state index contributed by atoms with van der Waals surface area (Å²) in [6.45, 7) is 4.42. The van der Waals surface area contributed by atoms with E-state index in [4.69, 9.17) is 0 Å². The summed E-state index contributed by atoms with van der Waals surface area (Å²) in [6.07, 6.45) is 6.60. The van der Waals surface area contributed by atoms with Crippen molar-refractivity contribution in [1.82, 2.24) is 0 Å². The van der Waals surface area contributed by atoms with Crippen LogP contribution in [0.4, 0.5) is 0 Å². The third-order valence-electron chi connectivity index (χ3n) is 3.26. The fraction of sp³-hybridized carbons (Fsp3) is 0.312. The lowest BCUT2D eigenvalue weighted by Crippen LogP contribution is -2.39. The van der Waals surface area contributed by atoms with Crippen molar-refractivity contribution in [3.63, 3.8) is 0 Å². The molecule has 0 aliphatic heterocycles. The monoisotopic (exact) mass is 226 g/mol. The second kappa shape index (κ2) is 5.62. The summed E-state index contributed by atoms with van der Waals surface area (Å²) in [5.41, 5.74) is 2.77. The smallest absolute Gasteiger partial charge is 0.183 e. The van der Waals surface area contributed by atoms with E-state index in [2.05, 4.69) is 73.3 Å².